The van der Waals surface area contributed by atoms with Crippen LogP contribution in [-0.2, 0) is 21.7 Å². The minimum Gasteiger partial charge on any atom is -0.319 e. The Balaban J connectivity index is 1.83. The number of rotatable bonds is 4. The van der Waals surface area contributed by atoms with E-state index in [2.05, 4.69) is 4.99 Å². The first-order valence-electron chi connectivity index (χ1n) is 9.33. The van der Waals surface area contributed by atoms with Crippen molar-refractivity contribution in [3.05, 3.63) is 94.8 Å². The number of carbonyl (C=O) groups is 1. The molecule has 0 spiro atoms. The van der Waals surface area contributed by atoms with Gasteiger partial charge in [-0.2, -0.15) is 4.99 Å². The normalized spacial score (nSPS) is 12.6. The number of aromatic nitrogens is 1. The summed E-state index contributed by atoms with van der Waals surface area (Å²) >= 11 is 1.30. The topological polar surface area (TPSA) is 68.5 Å². The van der Waals surface area contributed by atoms with Gasteiger partial charge < -0.3 is 4.57 Å². The molecule has 0 N–H and O–H groups in total. The second-order valence-electron chi connectivity index (χ2n) is 7.05. The number of amides is 1. The van der Waals surface area contributed by atoms with E-state index in [1.54, 1.807) is 18.2 Å². The molecule has 0 unspecified atom stereocenters. The summed E-state index contributed by atoms with van der Waals surface area (Å²) < 4.78 is 26.3. The van der Waals surface area contributed by atoms with Crippen LogP contribution in [-0.4, -0.2) is 25.1 Å². The molecule has 0 aliphatic rings. The predicted molar refractivity (Wildman–Crippen MR) is 119 cm³/mol. The number of sulfone groups is 1. The Morgan fingerprint density at radius 3 is 2.03 bits per heavy atom. The number of hydrogen-bond donors (Lipinski definition) is 0. The van der Waals surface area contributed by atoms with E-state index < -0.39 is 15.8 Å². The van der Waals surface area contributed by atoms with Gasteiger partial charge in [0.25, 0.3) is 5.91 Å². The van der Waals surface area contributed by atoms with Crippen LogP contribution in [0.5, 0.6) is 0 Å². The first kappa shape index (κ1) is 20.3. The molecule has 1 heterocycles. The third-order valence-electron chi connectivity index (χ3n) is 4.93. The van der Waals surface area contributed by atoms with Gasteiger partial charge in [0.2, 0.25) is 0 Å². The van der Waals surface area contributed by atoms with E-state index >= 15 is 0 Å². The lowest BCUT2D eigenvalue weighted by molar-refractivity contribution is -0.118. The standard InChI is InChI=1S/C23H20N2O3S2/c1-25-19-14-13-18(30(2,27)28)15-20(19)29-23(25)24-22(26)21(16-9-5-3-6-10-16)17-11-7-4-8-12-17/h3-15,21H,1-2H3. The quantitative estimate of drug-likeness (QED) is 0.487. The number of thiazole rings is 1. The largest absolute Gasteiger partial charge is 0.319 e. The summed E-state index contributed by atoms with van der Waals surface area (Å²) in [4.78, 5) is 18.5. The zero-order valence-electron chi connectivity index (χ0n) is 16.5. The summed E-state index contributed by atoms with van der Waals surface area (Å²) in [5.41, 5.74) is 2.58. The van der Waals surface area contributed by atoms with Gasteiger partial charge in [-0.3, -0.25) is 4.79 Å². The van der Waals surface area contributed by atoms with Gasteiger partial charge in [0.15, 0.2) is 14.6 Å². The van der Waals surface area contributed by atoms with Crippen molar-refractivity contribution in [1.82, 2.24) is 4.57 Å². The Morgan fingerprint density at radius 2 is 1.50 bits per heavy atom. The van der Waals surface area contributed by atoms with Crippen molar-refractivity contribution in [3.63, 3.8) is 0 Å². The summed E-state index contributed by atoms with van der Waals surface area (Å²) in [6.45, 7) is 0. The van der Waals surface area contributed by atoms with Crippen LogP contribution in [0.3, 0.4) is 0 Å². The average molecular weight is 437 g/mol. The van der Waals surface area contributed by atoms with Crippen molar-refractivity contribution in [2.45, 2.75) is 10.8 Å². The number of benzene rings is 3. The molecule has 0 bridgehead atoms. The maximum absolute atomic E-state index is 13.3. The molecule has 5 nitrogen and oxygen atoms in total. The highest BCUT2D eigenvalue weighted by atomic mass is 32.2. The third-order valence-corrected chi connectivity index (χ3v) is 7.13. The maximum Gasteiger partial charge on any atom is 0.260 e. The molecule has 152 valence electrons. The van der Waals surface area contributed by atoms with Crippen LogP contribution in [0.2, 0.25) is 0 Å². The minimum absolute atomic E-state index is 0.251. The van der Waals surface area contributed by atoms with Crippen molar-refractivity contribution in [1.29, 1.82) is 0 Å². The lowest BCUT2D eigenvalue weighted by Crippen LogP contribution is -2.18. The fourth-order valence-corrected chi connectivity index (χ4v) is 5.16. The van der Waals surface area contributed by atoms with E-state index in [0.717, 1.165) is 21.3 Å². The predicted octanol–water partition coefficient (Wildman–Crippen LogP) is 3.90. The third kappa shape index (κ3) is 3.99. The fourth-order valence-electron chi connectivity index (χ4n) is 3.38. The first-order valence-corrected chi connectivity index (χ1v) is 12.0. The number of carbonyl (C=O) groups excluding carboxylic acids is 1. The van der Waals surface area contributed by atoms with Gasteiger partial charge in [-0.1, -0.05) is 72.0 Å². The summed E-state index contributed by atoms with van der Waals surface area (Å²) in [6.07, 6.45) is 1.18. The van der Waals surface area contributed by atoms with Gasteiger partial charge in [0, 0.05) is 13.3 Å². The average Bonchev–Trinajstić information content (AvgIpc) is 3.04. The molecule has 4 aromatic rings. The van der Waals surface area contributed by atoms with Crippen LogP contribution in [0.15, 0.2) is 88.8 Å². The van der Waals surface area contributed by atoms with Crippen molar-refractivity contribution < 1.29 is 13.2 Å². The summed E-state index contributed by atoms with van der Waals surface area (Å²) in [5.74, 6) is -0.776. The van der Waals surface area contributed by atoms with Gasteiger partial charge in [0.1, 0.15) is 0 Å². The van der Waals surface area contributed by atoms with E-state index in [1.807, 2.05) is 72.3 Å². The van der Waals surface area contributed by atoms with E-state index in [1.165, 1.54) is 17.6 Å². The monoisotopic (exact) mass is 436 g/mol. The van der Waals surface area contributed by atoms with Gasteiger partial charge in [-0.15, -0.1) is 0 Å². The Morgan fingerprint density at radius 1 is 0.933 bits per heavy atom. The van der Waals surface area contributed by atoms with E-state index in [-0.39, 0.29) is 10.8 Å². The Kier molecular flexibility index (Phi) is 5.40. The van der Waals surface area contributed by atoms with E-state index in [4.69, 9.17) is 0 Å². The minimum atomic E-state index is -3.31. The van der Waals surface area contributed by atoms with Crippen molar-refractivity contribution in [2.75, 3.05) is 6.26 Å². The fraction of sp³-hybridized carbons (Fsp3) is 0.130. The van der Waals surface area contributed by atoms with Crippen LogP contribution in [0.25, 0.3) is 10.2 Å². The molecule has 0 atom stereocenters. The van der Waals surface area contributed by atoms with Crippen molar-refractivity contribution in [2.24, 2.45) is 12.0 Å². The lowest BCUT2D eigenvalue weighted by atomic mass is 9.91. The molecule has 4 rings (SSSR count). The molecule has 0 radical (unpaired) electrons. The smallest absolute Gasteiger partial charge is 0.260 e. The maximum atomic E-state index is 13.3. The van der Waals surface area contributed by atoms with E-state index in [9.17, 15) is 13.2 Å². The number of fused-ring (bicyclic) bond motifs is 1. The SMILES string of the molecule is Cn1c(=NC(=O)C(c2ccccc2)c2ccccc2)sc2cc(S(C)(=O)=O)ccc21. The molecule has 0 aliphatic heterocycles. The van der Waals surface area contributed by atoms with Gasteiger partial charge in [0.05, 0.1) is 21.0 Å². The van der Waals surface area contributed by atoms with Crippen molar-refractivity contribution >= 4 is 37.3 Å². The van der Waals surface area contributed by atoms with Gasteiger partial charge >= 0.3 is 0 Å². The zero-order chi connectivity index (χ0) is 21.3. The molecular formula is C23H20N2O3S2. The van der Waals surface area contributed by atoms with Crippen LogP contribution >= 0.6 is 11.3 Å². The second-order valence-corrected chi connectivity index (χ2v) is 10.1. The van der Waals surface area contributed by atoms with Crippen LogP contribution in [0.1, 0.15) is 17.0 Å². The highest BCUT2D eigenvalue weighted by Gasteiger charge is 2.22. The summed E-state index contributed by atoms with van der Waals surface area (Å²) in [7, 11) is -1.48. The summed E-state index contributed by atoms with van der Waals surface area (Å²) in [6, 6.07) is 24.1. The lowest BCUT2D eigenvalue weighted by Gasteiger charge is -2.14. The highest BCUT2D eigenvalue weighted by Crippen LogP contribution is 2.26. The van der Waals surface area contributed by atoms with Crippen LogP contribution in [0, 0.1) is 0 Å². The molecule has 0 saturated heterocycles. The van der Waals surface area contributed by atoms with Crippen LogP contribution in [0.4, 0.5) is 0 Å². The van der Waals surface area contributed by atoms with Crippen LogP contribution < -0.4 is 4.80 Å². The summed E-state index contributed by atoms with van der Waals surface area (Å²) in [5, 5.41) is 0. The molecule has 1 aromatic heterocycles. The van der Waals surface area contributed by atoms with Gasteiger partial charge in [-0.05, 0) is 29.3 Å². The molecule has 1 amide bonds. The Labute approximate surface area is 178 Å². The highest BCUT2D eigenvalue weighted by molar-refractivity contribution is 7.90. The molecule has 0 fully saturated rings. The number of hydrogen-bond acceptors (Lipinski definition) is 4. The number of aryl methyl sites for hydroxylation is 1. The Hall–Kier alpha value is -3.03. The molecular weight excluding hydrogens is 416 g/mol. The van der Waals surface area contributed by atoms with Gasteiger partial charge in [-0.25, -0.2) is 8.42 Å². The Bertz CT molecular complexity index is 1350. The van der Waals surface area contributed by atoms with E-state index in [0.29, 0.717) is 4.80 Å². The molecule has 7 heteroatoms. The zero-order valence-corrected chi connectivity index (χ0v) is 18.2. The molecule has 0 aliphatic carbocycles. The number of nitrogens with zero attached hydrogens (tertiary/aromatic N) is 2. The molecule has 3 aromatic carbocycles. The molecule has 30 heavy (non-hydrogen) atoms. The first-order chi connectivity index (χ1) is 14.3. The van der Waals surface area contributed by atoms with Crippen molar-refractivity contribution in [3.8, 4) is 0 Å². The molecule has 0 saturated carbocycles. The second kappa shape index (κ2) is 8.01.